The maximum atomic E-state index is 12.9. The minimum atomic E-state index is -0.677. The Labute approximate surface area is 213 Å². The highest BCUT2D eigenvalue weighted by Gasteiger charge is 2.35. The minimum Gasteiger partial charge on any atom is -0.390 e. The molecule has 1 saturated heterocycles. The predicted molar refractivity (Wildman–Crippen MR) is 136 cm³/mol. The van der Waals surface area contributed by atoms with E-state index in [4.69, 9.17) is 0 Å². The lowest BCUT2D eigenvalue weighted by atomic mass is 9.91. The third kappa shape index (κ3) is 6.10. The number of carbonyl (C=O) groups excluding carboxylic acids is 2. The average molecular weight is 492 g/mol. The van der Waals surface area contributed by atoms with Crippen LogP contribution in [0, 0.1) is 11.8 Å². The molecule has 8 nitrogen and oxygen atoms in total. The van der Waals surface area contributed by atoms with Gasteiger partial charge in [-0.3, -0.25) is 14.5 Å². The van der Waals surface area contributed by atoms with Crippen molar-refractivity contribution < 1.29 is 14.7 Å². The topological polar surface area (TPSA) is 98.7 Å². The first kappa shape index (κ1) is 24.8. The molecule has 0 spiro atoms. The fraction of sp³-hybridized carbons (Fsp3) is 0.571. The number of benzene rings is 1. The second-order valence-corrected chi connectivity index (χ2v) is 10.7. The Morgan fingerprint density at radius 3 is 2.58 bits per heavy atom. The first-order valence-corrected chi connectivity index (χ1v) is 13.3. The van der Waals surface area contributed by atoms with Gasteiger partial charge >= 0.3 is 0 Å². The van der Waals surface area contributed by atoms with Crippen LogP contribution in [0.25, 0.3) is 0 Å². The standard InChI is InChI=1S/C28H37N5O3/c1-19(26(34)17-32-11-10-21-4-2-3-5-23(21)16-32)31-27(35)25-15-24(29-18-30-25)14-20-8-12-33(13-9-20)28(36)22-6-7-22/h2-5,15,18-20,22,26,34H,6-14,16-17H2,1H3,(H,31,35). The molecule has 1 saturated carbocycles. The number of piperidine rings is 1. The molecule has 5 rings (SSSR count). The number of nitrogens with zero attached hydrogens (tertiary/aromatic N) is 4. The number of hydrogen-bond donors (Lipinski definition) is 2. The van der Waals surface area contributed by atoms with Crippen molar-refractivity contribution in [2.75, 3.05) is 26.2 Å². The molecule has 1 aromatic heterocycles. The monoisotopic (exact) mass is 491 g/mol. The molecule has 192 valence electrons. The Bertz CT molecular complexity index is 1080. The van der Waals surface area contributed by atoms with Gasteiger partial charge < -0.3 is 15.3 Å². The first-order chi connectivity index (χ1) is 17.5. The minimum absolute atomic E-state index is 0.280. The third-order valence-electron chi connectivity index (χ3n) is 7.90. The number of rotatable bonds is 8. The van der Waals surface area contributed by atoms with Gasteiger partial charge in [0.15, 0.2) is 0 Å². The molecule has 2 amide bonds. The van der Waals surface area contributed by atoms with E-state index in [2.05, 4.69) is 44.5 Å². The number of aliphatic hydroxyl groups excluding tert-OH is 1. The van der Waals surface area contributed by atoms with Crippen molar-refractivity contribution in [3.8, 4) is 0 Å². The van der Waals surface area contributed by atoms with E-state index in [1.165, 1.54) is 17.5 Å². The molecule has 3 aliphatic rings. The highest BCUT2D eigenvalue weighted by Crippen LogP contribution is 2.32. The molecule has 3 heterocycles. The summed E-state index contributed by atoms with van der Waals surface area (Å²) in [5.74, 6) is 0.770. The summed E-state index contributed by atoms with van der Waals surface area (Å²) in [7, 11) is 0. The molecule has 2 N–H and O–H groups in total. The van der Waals surface area contributed by atoms with E-state index in [1.807, 2.05) is 11.8 Å². The number of amides is 2. The van der Waals surface area contributed by atoms with Crippen molar-refractivity contribution in [3.05, 3.63) is 59.2 Å². The fourth-order valence-corrected chi connectivity index (χ4v) is 5.38. The van der Waals surface area contributed by atoms with Crippen molar-refractivity contribution in [2.24, 2.45) is 11.8 Å². The zero-order valence-electron chi connectivity index (χ0n) is 21.1. The van der Waals surface area contributed by atoms with Crippen LogP contribution in [0.5, 0.6) is 0 Å². The van der Waals surface area contributed by atoms with Crippen molar-refractivity contribution in [1.82, 2.24) is 25.1 Å². The summed E-state index contributed by atoms with van der Waals surface area (Å²) in [5.41, 5.74) is 3.86. The summed E-state index contributed by atoms with van der Waals surface area (Å²) in [6, 6.07) is 9.79. The molecule has 1 aromatic carbocycles. The largest absolute Gasteiger partial charge is 0.390 e. The number of nitrogens with one attached hydrogen (secondary N) is 1. The van der Waals surface area contributed by atoms with Gasteiger partial charge in [-0.15, -0.1) is 0 Å². The number of carbonyl (C=O) groups is 2. The SMILES string of the molecule is CC(NC(=O)c1cc(CC2CCN(C(=O)C3CC3)CC2)ncn1)C(O)CN1CCc2ccccc2C1. The smallest absolute Gasteiger partial charge is 0.270 e. The summed E-state index contributed by atoms with van der Waals surface area (Å²) in [6.45, 7) is 5.69. The van der Waals surface area contributed by atoms with E-state index in [-0.39, 0.29) is 11.8 Å². The van der Waals surface area contributed by atoms with E-state index >= 15 is 0 Å². The normalized spacial score (nSPS) is 20.4. The Morgan fingerprint density at radius 2 is 1.83 bits per heavy atom. The summed E-state index contributed by atoms with van der Waals surface area (Å²) < 4.78 is 0. The molecular weight excluding hydrogens is 454 g/mol. The van der Waals surface area contributed by atoms with Gasteiger partial charge in [-0.1, -0.05) is 24.3 Å². The zero-order chi connectivity index (χ0) is 25.1. The molecular formula is C28H37N5O3. The molecule has 1 aliphatic carbocycles. The van der Waals surface area contributed by atoms with Crippen molar-refractivity contribution in [1.29, 1.82) is 0 Å². The van der Waals surface area contributed by atoms with Gasteiger partial charge in [0.05, 0.1) is 12.1 Å². The number of β-amino-alcohol motifs (C(OH)–C–C–N with tert-alkyl or cyclic N) is 1. The zero-order valence-corrected chi connectivity index (χ0v) is 21.1. The highest BCUT2D eigenvalue weighted by molar-refractivity contribution is 5.92. The lowest BCUT2D eigenvalue weighted by molar-refractivity contribution is -0.133. The molecule has 36 heavy (non-hydrogen) atoms. The lowest BCUT2D eigenvalue weighted by Crippen LogP contribution is -2.47. The summed E-state index contributed by atoms with van der Waals surface area (Å²) in [6.07, 6.45) is 6.56. The number of fused-ring (bicyclic) bond motifs is 1. The van der Waals surface area contributed by atoms with Gasteiger partial charge in [-0.2, -0.15) is 0 Å². The van der Waals surface area contributed by atoms with Gasteiger partial charge in [-0.25, -0.2) is 9.97 Å². The van der Waals surface area contributed by atoms with Gasteiger partial charge in [0.2, 0.25) is 5.91 Å². The maximum absolute atomic E-state index is 12.9. The van der Waals surface area contributed by atoms with Gasteiger partial charge in [0.25, 0.3) is 5.91 Å². The maximum Gasteiger partial charge on any atom is 0.270 e. The van der Waals surface area contributed by atoms with Crippen molar-refractivity contribution >= 4 is 11.8 Å². The molecule has 0 radical (unpaired) electrons. The molecule has 2 fully saturated rings. The van der Waals surface area contributed by atoms with Gasteiger partial charge in [-0.05, 0) is 68.6 Å². The lowest BCUT2D eigenvalue weighted by Gasteiger charge is -2.32. The van der Waals surface area contributed by atoms with Crippen LogP contribution in [0.2, 0.25) is 0 Å². The summed E-state index contributed by atoms with van der Waals surface area (Å²) in [4.78, 5) is 38.0. The predicted octanol–water partition coefficient (Wildman–Crippen LogP) is 2.21. The molecule has 2 aliphatic heterocycles. The fourth-order valence-electron chi connectivity index (χ4n) is 5.38. The Kier molecular flexibility index (Phi) is 7.62. The average Bonchev–Trinajstić information content (AvgIpc) is 3.74. The molecule has 2 atom stereocenters. The van der Waals surface area contributed by atoms with Crippen molar-refractivity contribution in [2.45, 2.75) is 64.1 Å². The molecule has 2 unspecified atom stereocenters. The van der Waals surface area contributed by atoms with Crippen LogP contribution in [0.1, 0.15) is 59.9 Å². The second kappa shape index (κ2) is 11.0. The summed E-state index contributed by atoms with van der Waals surface area (Å²) in [5, 5.41) is 13.7. The van der Waals surface area contributed by atoms with Crippen LogP contribution >= 0.6 is 0 Å². The van der Waals surface area contributed by atoms with Crippen LogP contribution in [-0.4, -0.2) is 75.0 Å². The van der Waals surface area contributed by atoms with Crippen LogP contribution < -0.4 is 5.32 Å². The van der Waals surface area contributed by atoms with Crippen LogP contribution in [-0.2, 0) is 24.2 Å². The third-order valence-corrected chi connectivity index (χ3v) is 7.90. The van der Waals surface area contributed by atoms with Crippen molar-refractivity contribution in [3.63, 3.8) is 0 Å². The number of aliphatic hydroxyl groups is 1. The van der Waals surface area contributed by atoms with E-state index in [0.717, 1.165) is 70.4 Å². The van der Waals surface area contributed by atoms with Crippen LogP contribution in [0.4, 0.5) is 0 Å². The van der Waals surface area contributed by atoms with Crippen LogP contribution in [0.3, 0.4) is 0 Å². The summed E-state index contributed by atoms with van der Waals surface area (Å²) >= 11 is 0. The van der Waals surface area contributed by atoms with Gasteiger partial charge in [0, 0.05) is 44.3 Å². The number of aromatic nitrogens is 2. The Morgan fingerprint density at radius 1 is 1.08 bits per heavy atom. The molecule has 2 aromatic rings. The quantitative estimate of drug-likeness (QED) is 0.588. The van der Waals surface area contributed by atoms with E-state index in [9.17, 15) is 14.7 Å². The number of hydrogen-bond acceptors (Lipinski definition) is 6. The molecule has 8 heteroatoms. The highest BCUT2D eigenvalue weighted by atomic mass is 16.3. The van der Waals surface area contributed by atoms with Crippen LogP contribution in [0.15, 0.2) is 36.7 Å². The van der Waals surface area contributed by atoms with E-state index in [0.29, 0.717) is 24.1 Å². The Hall–Kier alpha value is -2.84. The molecule has 0 bridgehead atoms. The Balaban J connectivity index is 1.09. The second-order valence-electron chi connectivity index (χ2n) is 10.7. The van der Waals surface area contributed by atoms with Gasteiger partial charge in [0.1, 0.15) is 12.0 Å². The van der Waals surface area contributed by atoms with E-state index < -0.39 is 12.1 Å². The first-order valence-electron chi connectivity index (χ1n) is 13.3. The number of likely N-dealkylation sites (tertiary alicyclic amines) is 1. The van der Waals surface area contributed by atoms with E-state index in [1.54, 1.807) is 6.07 Å².